The highest BCUT2D eigenvalue weighted by atomic mass is 28.4. The fourth-order valence-electron chi connectivity index (χ4n) is 3.01. The van der Waals surface area contributed by atoms with Crippen molar-refractivity contribution >= 4 is 14.3 Å². The zero-order valence-corrected chi connectivity index (χ0v) is 19.4. The molecule has 160 valence electrons. The van der Waals surface area contributed by atoms with E-state index in [0.29, 0.717) is 17.9 Å². The first-order valence-electron chi connectivity index (χ1n) is 10.0. The Kier molecular flexibility index (Phi) is 5.98. The van der Waals surface area contributed by atoms with Crippen molar-refractivity contribution in [2.75, 3.05) is 6.61 Å². The zero-order chi connectivity index (χ0) is 21.4. The summed E-state index contributed by atoms with van der Waals surface area (Å²) in [6.45, 7) is 15.0. The Morgan fingerprint density at radius 1 is 1.17 bits per heavy atom. The van der Waals surface area contributed by atoms with Gasteiger partial charge in [-0.05, 0) is 50.2 Å². The SMILES string of the molecule is CC1(C)O[C@H]2O/C(=C/CO[Si](C)(C)C(C)(C)C)[C@@H](OC(=O)c3ccccc3)[C@H]2O1. The summed E-state index contributed by atoms with van der Waals surface area (Å²) >= 11 is 0. The number of ether oxygens (including phenoxy) is 4. The number of hydrogen-bond donors (Lipinski definition) is 0. The first-order valence-corrected chi connectivity index (χ1v) is 12.9. The molecule has 29 heavy (non-hydrogen) atoms. The highest BCUT2D eigenvalue weighted by molar-refractivity contribution is 6.74. The molecule has 0 aliphatic carbocycles. The minimum atomic E-state index is -1.91. The van der Waals surface area contributed by atoms with Crippen LogP contribution in [0.4, 0.5) is 0 Å². The van der Waals surface area contributed by atoms with Crippen LogP contribution in [0.5, 0.6) is 0 Å². The first-order chi connectivity index (χ1) is 13.4. The Morgan fingerprint density at radius 3 is 2.45 bits per heavy atom. The molecule has 0 spiro atoms. The third-order valence-corrected chi connectivity index (χ3v) is 10.2. The predicted octanol–water partition coefficient (Wildman–Crippen LogP) is 4.63. The van der Waals surface area contributed by atoms with E-state index >= 15 is 0 Å². The van der Waals surface area contributed by atoms with E-state index in [-0.39, 0.29) is 5.04 Å². The fraction of sp³-hybridized carbons (Fsp3) is 0.591. The van der Waals surface area contributed by atoms with Crippen molar-refractivity contribution in [1.29, 1.82) is 0 Å². The van der Waals surface area contributed by atoms with E-state index in [0.717, 1.165) is 0 Å². The van der Waals surface area contributed by atoms with Gasteiger partial charge in [0.15, 0.2) is 26.3 Å². The maximum atomic E-state index is 12.6. The lowest BCUT2D eigenvalue weighted by Crippen LogP contribution is -2.40. The minimum absolute atomic E-state index is 0.105. The average Bonchev–Trinajstić information content (AvgIpc) is 3.07. The normalized spacial score (nSPS) is 27.6. The van der Waals surface area contributed by atoms with Gasteiger partial charge in [0.05, 0.1) is 12.2 Å². The molecule has 6 nitrogen and oxygen atoms in total. The van der Waals surface area contributed by atoms with E-state index in [9.17, 15) is 4.79 Å². The molecule has 2 aliphatic heterocycles. The summed E-state index contributed by atoms with van der Waals surface area (Å²) < 4.78 is 29.7. The van der Waals surface area contributed by atoms with Gasteiger partial charge in [-0.2, -0.15) is 0 Å². The summed E-state index contributed by atoms with van der Waals surface area (Å²) in [6, 6.07) is 8.88. The summed E-state index contributed by atoms with van der Waals surface area (Å²) in [4.78, 5) is 12.6. The van der Waals surface area contributed by atoms with E-state index in [1.807, 2.05) is 26.0 Å². The van der Waals surface area contributed by atoms with Gasteiger partial charge >= 0.3 is 5.97 Å². The van der Waals surface area contributed by atoms with Crippen LogP contribution in [0.1, 0.15) is 45.0 Å². The van der Waals surface area contributed by atoms with E-state index < -0.39 is 38.6 Å². The van der Waals surface area contributed by atoms with E-state index in [4.69, 9.17) is 23.4 Å². The van der Waals surface area contributed by atoms with Crippen LogP contribution in [0.2, 0.25) is 18.1 Å². The highest BCUT2D eigenvalue weighted by Gasteiger charge is 2.55. The summed E-state index contributed by atoms with van der Waals surface area (Å²) in [5.74, 6) is -0.710. The summed E-state index contributed by atoms with van der Waals surface area (Å²) in [5.41, 5.74) is 0.478. The standard InChI is InChI=1S/C22H32O6Si/c1-21(2,3)29(6,7)24-14-13-16-17(18-20(25-16)28-22(4,5)27-18)26-19(23)15-11-9-8-10-12-15/h8-13,17-18,20H,14H2,1-7H3/b16-13+/t17-,18-,20-/m1/s1. The van der Waals surface area contributed by atoms with E-state index in [1.54, 1.807) is 24.3 Å². The van der Waals surface area contributed by atoms with Crippen LogP contribution in [-0.2, 0) is 23.4 Å². The van der Waals surface area contributed by atoms with Gasteiger partial charge in [0.2, 0.25) is 6.29 Å². The molecular formula is C22H32O6Si. The first kappa shape index (κ1) is 22.0. The highest BCUT2D eigenvalue weighted by Crippen LogP contribution is 2.41. The molecule has 3 rings (SSSR count). The van der Waals surface area contributed by atoms with Crippen LogP contribution in [0.3, 0.4) is 0 Å². The van der Waals surface area contributed by atoms with Gasteiger partial charge in [0.25, 0.3) is 0 Å². The van der Waals surface area contributed by atoms with Crippen molar-refractivity contribution in [2.45, 2.75) is 77.0 Å². The molecule has 0 radical (unpaired) electrons. The number of rotatable bonds is 5. The Balaban J connectivity index is 1.76. The maximum Gasteiger partial charge on any atom is 0.338 e. The van der Waals surface area contributed by atoms with Crippen molar-refractivity contribution in [1.82, 2.24) is 0 Å². The Morgan fingerprint density at radius 2 is 1.83 bits per heavy atom. The van der Waals surface area contributed by atoms with Crippen LogP contribution in [0.15, 0.2) is 42.2 Å². The molecule has 1 aromatic carbocycles. The smallest absolute Gasteiger partial charge is 0.338 e. The average molecular weight is 421 g/mol. The molecule has 2 saturated heterocycles. The van der Waals surface area contributed by atoms with E-state index in [2.05, 4.69) is 33.9 Å². The van der Waals surface area contributed by atoms with Crippen molar-refractivity contribution in [2.24, 2.45) is 0 Å². The molecule has 2 aliphatic rings. The van der Waals surface area contributed by atoms with Crippen LogP contribution in [0, 0.1) is 0 Å². The van der Waals surface area contributed by atoms with Gasteiger partial charge in [-0.3, -0.25) is 0 Å². The molecule has 0 aromatic heterocycles. The molecule has 2 fully saturated rings. The lowest BCUT2D eigenvalue weighted by molar-refractivity contribution is -0.189. The van der Waals surface area contributed by atoms with Gasteiger partial charge in [0.1, 0.15) is 5.76 Å². The predicted molar refractivity (Wildman–Crippen MR) is 112 cm³/mol. The molecule has 2 heterocycles. The van der Waals surface area contributed by atoms with Gasteiger partial charge < -0.3 is 23.4 Å². The quantitative estimate of drug-likeness (QED) is 0.511. The third-order valence-electron chi connectivity index (χ3n) is 5.70. The Labute approximate surface area is 174 Å². The van der Waals surface area contributed by atoms with Gasteiger partial charge in [-0.15, -0.1) is 0 Å². The Hall–Kier alpha value is -1.67. The second-order valence-corrected chi connectivity index (χ2v) is 14.3. The van der Waals surface area contributed by atoms with Crippen molar-refractivity contribution in [3.8, 4) is 0 Å². The van der Waals surface area contributed by atoms with Crippen LogP contribution in [0.25, 0.3) is 0 Å². The van der Waals surface area contributed by atoms with Crippen molar-refractivity contribution in [3.63, 3.8) is 0 Å². The van der Waals surface area contributed by atoms with Crippen LogP contribution < -0.4 is 0 Å². The molecule has 0 amide bonds. The van der Waals surface area contributed by atoms with Gasteiger partial charge in [-0.25, -0.2) is 4.79 Å². The molecular weight excluding hydrogens is 388 g/mol. The van der Waals surface area contributed by atoms with Crippen molar-refractivity contribution < 1.29 is 28.2 Å². The zero-order valence-electron chi connectivity index (χ0n) is 18.4. The van der Waals surface area contributed by atoms with Crippen molar-refractivity contribution in [3.05, 3.63) is 47.7 Å². The van der Waals surface area contributed by atoms with E-state index in [1.165, 1.54) is 0 Å². The molecule has 0 N–H and O–H groups in total. The van der Waals surface area contributed by atoms with Gasteiger partial charge in [-0.1, -0.05) is 39.0 Å². The minimum Gasteiger partial charge on any atom is -0.462 e. The van der Waals surface area contributed by atoms with Crippen LogP contribution >= 0.6 is 0 Å². The number of hydrogen-bond acceptors (Lipinski definition) is 6. The molecule has 1 aromatic rings. The maximum absolute atomic E-state index is 12.6. The number of fused-ring (bicyclic) bond motifs is 1. The molecule has 0 saturated carbocycles. The second-order valence-electron chi connectivity index (χ2n) is 9.46. The number of esters is 1. The lowest BCUT2D eigenvalue weighted by atomic mass is 10.2. The monoisotopic (exact) mass is 420 g/mol. The molecule has 7 heteroatoms. The molecule has 0 bridgehead atoms. The summed E-state index contributed by atoms with van der Waals surface area (Å²) in [5, 5.41) is 0.105. The second kappa shape index (κ2) is 7.87. The summed E-state index contributed by atoms with van der Waals surface area (Å²) in [6.07, 6.45) is 0.0218. The number of benzene rings is 1. The number of carbonyl (C=O) groups is 1. The number of carbonyl (C=O) groups excluding carboxylic acids is 1. The fourth-order valence-corrected chi connectivity index (χ4v) is 3.95. The third kappa shape index (κ3) is 4.91. The molecule has 3 atom stereocenters. The summed E-state index contributed by atoms with van der Waals surface area (Å²) in [7, 11) is -1.91. The lowest BCUT2D eigenvalue weighted by Gasteiger charge is -2.35. The largest absolute Gasteiger partial charge is 0.462 e. The Bertz CT molecular complexity index is 765. The van der Waals surface area contributed by atoms with Gasteiger partial charge in [0, 0.05) is 0 Å². The topological polar surface area (TPSA) is 63.2 Å². The van der Waals surface area contributed by atoms with Crippen LogP contribution in [-0.4, -0.2) is 45.2 Å². The molecule has 0 unspecified atom stereocenters.